The molecule has 9 heteroatoms. The summed E-state index contributed by atoms with van der Waals surface area (Å²) >= 11 is 0. The Hall–Kier alpha value is -4.27. The molecule has 0 bridgehead atoms. The number of aromatic nitrogens is 7. The summed E-state index contributed by atoms with van der Waals surface area (Å²) in [6.45, 7) is 4.19. The van der Waals surface area contributed by atoms with Gasteiger partial charge in [0.15, 0.2) is 0 Å². The molecule has 5 aromatic rings. The zero-order chi connectivity index (χ0) is 21.5. The zero-order valence-corrected chi connectivity index (χ0v) is 17.1. The SMILES string of the molecule is Cc1cc(-c2c(-c3ccccc3)nc(N)[n+]3c(=O)n(Cc4cnc[nH]4)[nH]c23)cc(C)n1. The number of nitrogens with two attached hydrogens (primary N) is 1. The normalized spacial score (nSPS) is 11.3. The van der Waals surface area contributed by atoms with E-state index in [0.717, 1.165) is 33.8 Å². The van der Waals surface area contributed by atoms with E-state index in [9.17, 15) is 4.79 Å². The van der Waals surface area contributed by atoms with Gasteiger partial charge in [0.05, 0.1) is 23.8 Å². The van der Waals surface area contributed by atoms with Crippen molar-refractivity contribution in [2.24, 2.45) is 0 Å². The quantitative estimate of drug-likeness (QED) is 0.389. The van der Waals surface area contributed by atoms with Crippen LogP contribution >= 0.6 is 0 Å². The highest BCUT2D eigenvalue weighted by Gasteiger charge is 2.26. The Balaban J connectivity index is 1.85. The van der Waals surface area contributed by atoms with Gasteiger partial charge < -0.3 is 10.7 Å². The summed E-state index contributed by atoms with van der Waals surface area (Å²) in [6, 6.07) is 13.8. The predicted octanol–water partition coefficient (Wildman–Crippen LogP) is 2.01. The molecular weight excluding hydrogens is 392 g/mol. The highest BCUT2D eigenvalue weighted by atomic mass is 16.2. The molecule has 0 aliphatic heterocycles. The molecule has 4 aromatic heterocycles. The largest absolute Gasteiger partial charge is 0.428 e. The molecule has 5 rings (SSSR count). The first kappa shape index (κ1) is 18.7. The lowest BCUT2D eigenvalue weighted by Gasteiger charge is -2.10. The number of nitrogens with one attached hydrogen (secondary N) is 2. The molecule has 0 saturated carbocycles. The van der Waals surface area contributed by atoms with Gasteiger partial charge in [0.25, 0.3) is 0 Å². The minimum atomic E-state index is -0.307. The number of pyridine rings is 1. The van der Waals surface area contributed by atoms with Crippen LogP contribution in [0.5, 0.6) is 0 Å². The molecule has 1 aromatic carbocycles. The second kappa shape index (κ2) is 7.21. The highest BCUT2D eigenvalue weighted by Crippen LogP contribution is 2.33. The average Bonchev–Trinajstić information content (AvgIpc) is 3.36. The van der Waals surface area contributed by atoms with Crippen LogP contribution in [-0.2, 0) is 6.54 Å². The number of aromatic amines is 2. The van der Waals surface area contributed by atoms with Crippen molar-refractivity contribution in [3.8, 4) is 22.4 Å². The molecule has 9 nitrogen and oxygen atoms in total. The smallest absolute Gasteiger partial charge is 0.346 e. The number of aryl methyl sites for hydroxylation is 2. The number of anilines is 1. The summed E-state index contributed by atoms with van der Waals surface area (Å²) < 4.78 is 2.89. The molecule has 0 saturated heterocycles. The van der Waals surface area contributed by atoms with Gasteiger partial charge in [-0.15, -0.1) is 9.38 Å². The van der Waals surface area contributed by atoms with E-state index in [1.807, 2.05) is 56.3 Å². The van der Waals surface area contributed by atoms with Gasteiger partial charge in [-0.2, -0.15) is 4.68 Å². The Morgan fingerprint density at radius 1 is 1.06 bits per heavy atom. The molecule has 0 unspecified atom stereocenters. The van der Waals surface area contributed by atoms with Crippen molar-refractivity contribution in [2.45, 2.75) is 20.4 Å². The van der Waals surface area contributed by atoms with Crippen LogP contribution in [0.3, 0.4) is 0 Å². The van der Waals surface area contributed by atoms with Crippen LogP contribution in [0, 0.1) is 13.8 Å². The number of hydrogen-bond acceptors (Lipinski definition) is 5. The summed E-state index contributed by atoms with van der Waals surface area (Å²) in [6.07, 6.45) is 3.25. The third-order valence-electron chi connectivity index (χ3n) is 5.12. The standard InChI is InChI=1S/C22H20N8O/c1-13-8-16(9-14(2)26-13)18-19(15-6-4-3-5-7-15)27-21(23)30-20(18)28-29(22(30)31)11-17-10-24-12-25-17/h3-10,12H,11H2,1-2H3,(H3,23,24,25,26,27,28)/p+1. The van der Waals surface area contributed by atoms with Crippen LogP contribution in [-0.4, -0.2) is 29.7 Å². The average molecular weight is 413 g/mol. The van der Waals surface area contributed by atoms with Crippen molar-refractivity contribution in [2.75, 3.05) is 5.73 Å². The van der Waals surface area contributed by atoms with Gasteiger partial charge in [-0.3, -0.25) is 4.98 Å². The van der Waals surface area contributed by atoms with E-state index in [1.165, 1.54) is 9.08 Å². The van der Waals surface area contributed by atoms with Crippen molar-refractivity contribution in [3.05, 3.63) is 82.6 Å². The van der Waals surface area contributed by atoms with Crippen LogP contribution in [0.25, 0.3) is 28.0 Å². The molecular formula is C22H21N8O+. The molecule has 0 atom stereocenters. The fourth-order valence-corrected chi connectivity index (χ4v) is 3.86. The fourth-order valence-electron chi connectivity index (χ4n) is 3.86. The lowest BCUT2D eigenvalue weighted by atomic mass is 9.99. The number of H-pyrrole nitrogens is 2. The molecule has 0 spiro atoms. The first-order valence-corrected chi connectivity index (χ1v) is 9.83. The number of nitrogens with zero attached hydrogens (tertiary/aromatic N) is 5. The number of nitrogen functional groups attached to an aromatic ring is 1. The van der Waals surface area contributed by atoms with Gasteiger partial charge in [-0.1, -0.05) is 30.3 Å². The van der Waals surface area contributed by atoms with Crippen LogP contribution in [0.1, 0.15) is 17.1 Å². The number of imidazole rings is 1. The fraction of sp³-hybridized carbons (Fsp3) is 0.136. The van der Waals surface area contributed by atoms with E-state index in [4.69, 9.17) is 5.73 Å². The Kier molecular flexibility index (Phi) is 4.36. The Morgan fingerprint density at radius 3 is 2.48 bits per heavy atom. The van der Waals surface area contributed by atoms with E-state index in [2.05, 4.69) is 25.0 Å². The third-order valence-corrected chi connectivity index (χ3v) is 5.12. The minimum Gasteiger partial charge on any atom is -0.346 e. The van der Waals surface area contributed by atoms with Gasteiger partial charge in [0, 0.05) is 17.0 Å². The Bertz CT molecular complexity index is 1430. The molecule has 0 fully saturated rings. The third kappa shape index (κ3) is 3.25. The van der Waals surface area contributed by atoms with Gasteiger partial charge in [-0.05, 0) is 31.5 Å². The number of fused-ring (bicyclic) bond motifs is 1. The van der Waals surface area contributed by atoms with Crippen molar-refractivity contribution in [1.29, 1.82) is 0 Å². The van der Waals surface area contributed by atoms with Crippen molar-refractivity contribution >= 4 is 11.6 Å². The monoisotopic (exact) mass is 413 g/mol. The second-order valence-electron chi connectivity index (χ2n) is 7.44. The molecule has 0 radical (unpaired) electrons. The lowest BCUT2D eigenvalue weighted by molar-refractivity contribution is -0.516. The second-order valence-corrected chi connectivity index (χ2v) is 7.44. The molecule has 4 N–H and O–H groups in total. The van der Waals surface area contributed by atoms with E-state index in [0.29, 0.717) is 17.9 Å². The van der Waals surface area contributed by atoms with Crippen molar-refractivity contribution < 1.29 is 4.40 Å². The topological polar surface area (TPSA) is 122 Å². The van der Waals surface area contributed by atoms with E-state index in [1.54, 1.807) is 12.5 Å². The number of hydrogen-bond donors (Lipinski definition) is 3. The summed E-state index contributed by atoms with van der Waals surface area (Å²) in [7, 11) is 0. The summed E-state index contributed by atoms with van der Waals surface area (Å²) in [5.41, 5.74) is 12.4. The summed E-state index contributed by atoms with van der Waals surface area (Å²) in [5.74, 6) is 0.115. The first-order valence-electron chi connectivity index (χ1n) is 9.83. The number of rotatable bonds is 4. The molecule has 31 heavy (non-hydrogen) atoms. The van der Waals surface area contributed by atoms with E-state index >= 15 is 0 Å². The molecule has 0 aliphatic carbocycles. The van der Waals surface area contributed by atoms with Crippen LogP contribution in [0.15, 0.2) is 59.8 Å². The maximum atomic E-state index is 13.2. The van der Waals surface area contributed by atoms with Gasteiger partial charge >= 0.3 is 11.6 Å². The van der Waals surface area contributed by atoms with E-state index < -0.39 is 0 Å². The van der Waals surface area contributed by atoms with Gasteiger partial charge in [0.2, 0.25) is 5.65 Å². The van der Waals surface area contributed by atoms with Crippen LogP contribution < -0.4 is 15.8 Å². The van der Waals surface area contributed by atoms with Crippen LogP contribution in [0.2, 0.25) is 0 Å². The van der Waals surface area contributed by atoms with Gasteiger partial charge in [-0.25, -0.2) is 14.9 Å². The van der Waals surface area contributed by atoms with Crippen LogP contribution in [0.4, 0.5) is 5.95 Å². The van der Waals surface area contributed by atoms with E-state index in [-0.39, 0.29) is 11.6 Å². The van der Waals surface area contributed by atoms with Gasteiger partial charge in [0.1, 0.15) is 12.2 Å². The lowest BCUT2D eigenvalue weighted by Crippen LogP contribution is -2.44. The van der Waals surface area contributed by atoms with Crippen molar-refractivity contribution in [1.82, 2.24) is 29.7 Å². The van der Waals surface area contributed by atoms with Crippen molar-refractivity contribution in [3.63, 3.8) is 0 Å². The minimum absolute atomic E-state index is 0.115. The highest BCUT2D eigenvalue weighted by molar-refractivity contribution is 5.88. The first-order chi connectivity index (χ1) is 15.0. The maximum Gasteiger partial charge on any atom is 0.428 e. The maximum absolute atomic E-state index is 13.2. The number of benzene rings is 1. The molecule has 0 amide bonds. The molecule has 0 aliphatic rings. The zero-order valence-electron chi connectivity index (χ0n) is 17.1. The summed E-state index contributed by atoms with van der Waals surface area (Å²) in [5, 5.41) is 3.24. The predicted molar refractivity (Wildman–Crippen MR) is 116 cm³/mol. The summed E-state index contributed by atoms with van der Waals surface area (Å²) in [4.78, 5) is 29.3. The Labute approximate surface area is 177 Å². The molecule has 154 valence electrons. The molecule has 4 heterocycles. The Morgan fingerprint density at radius 2 is 1.81 bits per heavy atom.